The number of unbranched alkanes of at least 4 members (excludes halogenated alkanes) is 2. The molecule has 0 aliphatic heterocycles. The van der Waals surface area contributed by atoms with E-state index in [1.54, 1.807) is 0 Å². The molecule has 0 spiro atoms. The number of hydrogen-bond acceptors (Lipinski definition) is 6. The highest BCUT2D eigenvalue weighted by Crippen LogP contribution is 2.01. The number of aliphatic hydroxyl groups is 1. The Bertz CT molecular complexity index is 270. The summed E-state index contributed by atoms with van der Waals surface area (Å²) >= 11 is 0. The van der Waals surface area contributed by atoms with Gasteiger partial charge in [0.1, 0.15) is 6.04 Å². The molecule has 0 aromatic carbocycles. The molecule has 2 N–H and O–H groups in total. The van der Waals surface area contributed by atoms with Crippen molar-refractivity contribution in [2.75, 3.05) is 26.4 Å². The topological polar surface area (TPSA) is 84.9 Å². The van der Waals surface area contributed by atoms with E-state index in [0.717, 1.165) is 25.7 Å². The summed E-state index contributed by atoms with van der Waals surface area (Å²) in [5.41, 5.74) is 0. The van der Waals surface area contributed by atoms with Gasteiger partial charge < -0.3 is 19.9 Å². The van der Waals surface area contributed by atoms with Crippen LogP contribution in [0.25, 0.3) is 0 Å². The maximum atomic E-state index is 11.8. The molecule has 0 heterocycles. The number of carbonyl (C=O) groups excluding carboxylic acids is 2. The van der Waals surface area contributed by atoms with Gasteiger partial charge in [-0.3, -0.25) is 9.59 Å². The zero-order valence-corrected chi connectivity index (χ0v) is 12.5. The summed E-state index contributed by atoms with van der Waals surface area (Å²) in [6.45, 7) is 4.84. The summed E-state index contributed by atoms with van der Waals surface area (Å²) in [5, 5.41) is 11.6. The molecule has 6 nitrogen and oxygen atoms in total. The molecule has 0 aliphatic carbocycles. The van der Waals surface area contributed by atoms with Gasteiger partial charge in [0.05, 0.1) is 26.2 Å². The van der Waals surface area contributed by atoms with Crippen molar-refractivity contribution in [1.29, 1.82) is 0 Å². The maximum absolute atomic E-state index is 11.8. The van der Waals surface area contributed by atoms with Crippen LogP contribution in [0.1, 0.15) is 46.0 Å². The van der Waals surface area contributed by atoms with Crippen LogP contribution < -0.4 is 5.32 Å². The molecule has 20 heavy (non-hydrogen) atoms. The summed E-state index contributed by atoms with van der Waals surface area (Å²) in [6, 6.07) is -0.756. The number of carbonyl (C=O) groups is 2. The minimum absolute atomic E-state index is 0.0747. The summed E-state index contributed by atoms with van der Waals surface area (Å²) in [7, 11) is 0. The van der Waals surface area contributed by atoms with Crippen molar-refractivity contribution in [2.45, 2.75) is 52.0 Å². The Hall–Kier alpha value is -1.14. The van der Waals surface area contributed by atoms with E-state index in [4.69, 9.17) is 14.6 Å². The zero-order valence-electron chi connectivity index (χ0n) is 12.5. The number of aliphatic hydroxyl groups excluding tert-OH is 1. The van der Waals surface area contributed by atoms with Crippen molar-refractivity contribution in [3.05, 3.63) is 0 Å². The van der Waals surface area contributed by atoms with Gasteiger partial charge in [-0.05, 0) is 12.8 Å². The van der Waals surface area contributed by atoms with Gasteiger partial charge in [0.2, 0.25) is 0 Å². The molecule has 0 aliphatic rings. The average Bonchev–Trinajstić information content (AvgIpc) is 2.43. The maximum Gasteiger partial charge on any atom is 0.323 e. The van der Waals surface area contributed by atoms with E-state index in [1.165, 1.54) is 0 Å². The monoisotopic (exact) mass is 289 g/mol. The van der Waals surface area contributed by atoms with Crippen LogP contribution in [0, 0.1) is 0 Å². The molecule has 0 aromatic rings. The number of nitrogens with one attached hydrogen (secondary N) is 1. The number of esters is 2. The summed E-state index contributed by atoms with van der Waals surface area (Å²) in [6.07, 6.45) is 3.40. The molecular formula is C14H27NO5. The number of ether oxygens (including phenoxy) is 2. The number of rotatable bonds is 12. The number of hydrogen-bond donors (Lipinski definition) is 2. The van der Waals surface area contributed by atoms with Gasteiger partial charge in [-0.2, -0.15) is 0 Å². The standard InChI is InChI=1S/C14H27NO5/c1-3-5-9-19-13(17)11-12(15-7-8-16)14(18)20-10-6-4-2/h12,15-16H,3-11H2,1-2H3. The molecule has 1 atom stereocenters. The van der Waals surface area contributed by atoms with Crippen LogP contribution >= 0.6 is 0 Å². The van der Waals surface area contributed by atoms with Gasteiger partial charge in [0.25, 0.3) is 0 Å². The second-order valence-corrected chi connectivity index (χ2v) is 4.53. The van der Waals surface area contributed by atoms with E-state index in [0.29, 0.717) is 13.2 Å². The van der Waals surface area contributed by atoms with Gasteiger partial charge in [-0.25, -0.2) is 0 Å². The minimum Gasteiger partial charge on any atom is -0.466 e. The Morgan fingerprint density at radius 1 is 1.10 bits per heavy atom. The average molecular weight is 289 g/mol. The lowest BCUT2D eigenvalue weighted by molar-refractivity contribution is -0.153. The van der Waals surface area contributed by atoms with Crippen molar-refractivity contribution in [1.82, 2.24) is 5.32 Å². The lowest BCUT2D eigenvalue weighted by Gasteiger charge is -2.16. The van der Waals surface area contributed by atoms with Crippen LogP contribution in [-0.4, -0.2) is 49.5 Å². The lowest BCUT2D eigenvalue weighted by atomic mass is 10.2. The quantitative estimate of drug-likeness (QED) is 0.412. The van der Waals surface area contributed by atoms with Gasteiger partial charge in [0.15, 0.2) is 0 Å². The highest BCUT2D eigenvalue weighted by atomic mass is 16.5. The Balaban J connectivity index is 4.17. The van der Waals surface area contributed by atoms with Gasteiger partial charge in [-0.15, -0.1) is 0 Å². The first-order valence-corrected chi connectivity index (χ1v) is 7.32. The molecule has 0 saturated carbocycles. The summed E-state index contributed by atoms with van der Waals surface area (Å²) in [4.78, 5) is 23.4. The predicted octanol–water partition coefficient (Wildman–Crippen LogP) is 1.01. The molecule has 0 bridgehead atoms. The third-order valence-electron chi connectivity index (χ3n) is 2.66. The predicted molar refractivity (Wildman–Crippen MR) is 75.2 cm³/mol. The van der Waals surface area contributed by atoms with Gasteiger partial charge in [-0.1, -0.05) is 26.7 Å². The van der Waals surface area contributed by atoms with Crippen LogP contribution in [0.4, 0.5) is 0 Å². The fourth-order valence-corrected chi connectivity index (χ4v) is 1.45. The van der Waals surface area contributed by atoms with Crippen LogP contribution in [0.2, 0.25) is 0 Å². The smallest absolute Gasteiger partial charge is 0.323 e. The molecule has 0 saturated heterocycles. The van der Waals surface area contributed by atoms with Crippen molar-refractivity contribution < 1.29 is 24.2 Å². The first kappa shape index (κ1) is 18.9. The molecular weight excluding hydrogens is 262 g/mol. The second kappa shape index (κ2) is 12.9. The van der Waals surface area contributed by atoms with Gasteiger partial charge in [0, 0.05) is 6.54 Å². The van der Waals surface area contributed by atoms with Crippen LogP contribution in [0.15, 0.2) is 0 Å². The van der Waals surface area contributed by atoms with E-state index in [9.17, 15) is 9.59 Å². The molecule has 1 unspecified atom stereocenters. The Labute approximate surface area is 120 Å². The fraction of sp³-hybridized carbons (Fsp3) is 0.857. The summed E-state index contributed by atoms with van der Waals surface area (Å²) < 4.78 is 10.1. The third-order valence-corrected chi connectivity index (χ3v) is 2.66. The molecule has 0 fully saturated rings. The van der Waals surface area contributed by atoms with E-state index in [1.807, 2.05) is 13.8 Å². The molecule has 6 heteroatoms. The van der Waals surface area contributed by atoms with Crippen molar-refractivity contribution >= 4 is 11.9 Å². The van der Waals surface area contributed by atoms with E-state index < -0.39 is 18.0 Å². The Morgan fingerprint density at radius 3 is 2.25 bits per heavy atom. The van der Waals surface area contributed by atoms with E-state index in [-0.39, 0.29) is 19.6 Å². The van der Waals surface area contributed by atoms with Crippen LogP contribution in [-0.2, 0) is 19.1 Å². The first-order chi connectivity index (χ1) is 9.65. The Kier molecular flexibility index (Phi) is 12.1. The molecule has 0 aromatic heterocycles. The largest absolute Gasteiger partial charge is 0.466 e. The van der Waals surface area contributed by atoms with Crippen molar-refractivity contribution in [3.8, 4) is 0 Å². The summed E-state index contributed by atoms with van der Waals surface area (Å²) in [5.74, 6) is -0.902. The molecule has 118 valence electrons. The van der Waals surface area contributed by atoms with Crippen LogP contribution in [0.5, 0.6) is 0 Å². The molecule has 0 rings (SSSR count). The minimum atomic E-state index is -0.756. The zero-order chi connectivity index (χ0) is 15.2. The van der Waals surface area contributed by atoms with Crippen molar-refractivity contribution in [3.63, 3.8) is 0 Å². The Morgan fingerprint density at radius 2 is 1.70 bits per heavy atom. The SMILES string of the molecule is CCCCOC(=O)CC(NCCO)C(=O)OCCCC. The first-order valence-electron chi connectivity index (χ1n) is 7.32. The highest BCUT2D eigenvalue weighted by molar-refractivity contribution is 5.82. The van der Waals surface area contributed by atoms with E-state index in [2.05, 4.69) is 5.32 Å². The van der Waals surface area contributed by atoms with Gasteiger partial charge >= 0.3 is 11.9 Å². The highest BCUT2D eigenvalue weighted by Gasteiger charge is 2.23. The molecule has 0 radical (unpaired) electrons. The van der Waals surface area contributed by atoms with E-state index >= 15 is 0 Å². The van der Waals surface area contributed by atoms with Crippen molar-refractivity contribution in [2.24, 2.45) is 0 Å². The second-order valence-electron chi connectivity index (χ2n) is 4.53. The normalized spacial score (nSPS) is 11.9. The molecule has 0 amide bonds. The third kappa shape index (κ3) is 9.75. The van der Waals surface area contributed by atoms with Crippen LogP contribution in [0.3, 0.4) is 0 Å². The lowest BCUT2D eigenvalue weighted by Crippen LogP contribution is -2.41. The fourth-order valence-electron chi connectivity index (χ4n) is 1.45.